The van der Waals surface area contributed by atoms with Crippen molar-refractivity contribution in [2.24, 2.45) is 0 Å². The molecule has 21 heavy (non-hydrogen) atoms. The number of halogens is 3. The lowest BCUT2D eigenvalue weighted by Crippen LogP contribution is -2.46. The maximum atomic E-state index is 12.3. The molecule has 0 unspecified atom stereocenters. The van der Waals surface area contributed by atoms with E-state index in [4.69, 9.17) is 5.11 Å². The minimum atomic E-state index is -4.66. The normalized spacial score (nSPS) is 11.0. The van der Waals surface area contributed by atoms with Gasteiger partial charge in [0, 0.05) is 6.54 Å². The molecule has 2 amide bonds. The zero-order valence-corrected chi connectivity index (χ0v) is 11.3. The Morgan fingerprint density at radius 1 is 1.33 bits per heavy atom. The number of carbonyl (C=O) groups excluding carboxylic acids is 1. The molecular formula is C13H15F3N2O3. The average molecular weight is 304 g/mol. The van der Waals surface area contributed by atoms with Gasteiger partial charge in [-0.2, -0.15) is 13.2 Å². The largest absolute Gasteiger partial charge is 0.480 e. The van der Waals surface area contributed by atoms with E-state index in [0.29, 0.717) is 5.56 Å². The van der Waals surface area contributed by atoms with Gasteiger partial charge in [0.15, 0.2) is 0 Å². The Labute approximate surface area is 119 Å². The smallest absolute Gasteiger partial charge is 0.406 e. The average Bonchev–Trinajstić information content (AvgIpc) is 2.33. The van der Waals surface area contributed by atoms with Gasteiger partial charge >= 0.3 is 18.2 Å². The lowest BCUT2D eigenvalue weighted by molar-refractivity contribution is -0.148. The molecule has 0 aliphatic rings. The molecule has 0 fully saturated rings. The van der Waals surface area contributed by atoms with E-state index in [-0.39, 0.29) is 11.4 Å². The number of carbonyl (C=O) groups is 2. The molecule has 5 nitrogen and oxygen atoms in total. The van der Waals surface area contributed by atoms with E-state index < -0.39 is 31.3 Å². The van der Waals surface area contributed by atoms with Gasteiger partial charge in [-0.25, -0.2) is 4.79 Å². The first-order valence-electron chi connectivity index (χ1n) is 6.04. The van der Waals surface area contributed by atoms with E-state index in [2.05, 4.69) is 5.32 Å². The zero-order chi connectivity index (χ0) is 16.0. The van der Waals surface area contributed by atoms with Crippen molar-refractivity contribution >= 4 is 12.0 Å². The third-order valence-electron chi connectivity index (χ3n) is 2.51. The first-order valence-corrected chi connectivity index (χ1v) is 6.04. The van der Waals surface area contributed by atoms with E-state index in [1.54, 1.807) is 18.2 Å². The van der Waals surface area contributed by atoms with Crippen molar-refractivity contribution in [2.45, 2.75) is 19.6 Å². The maximum absolute atomic E-state index is 12.3. The van der Waals surface area contributed by atoms with Gasteiger partial charge in [-0.1, -0.05) is 29.8 Å². The standard InChI is InChI=1S/C13H15F3N2O3/c1-9-3-2-4-10(5-9)6-17-12(21)18(7-11(19)20)8-13(14,15)16/h2-5H,6-8H2,1H3,(H,17,21)(H,19,20). The van der Waals surface area contributed by atoms with Crippen LogP contribution in [0, 0.1) is 6.92 Å². The molecule has 0 saturated heterocycles. The lowest BCUT2D eigenvalue weighted by Gasteiger charge is -2.22. The zero-order valence-electron chi connectivity index (χ0n) is 11.3. The van der Waals surface area contributed by atoms with Crippen molar-refractivity contribution in [1.29, 1.82) is 0 Å². The van der Waals surface area contributed by atoms with Gasteiger partial charge in [-0.05, 0) is 12.5 Å². The number of alkyl halides is 3. The van der Waals surface area contributed by atoms with Crippen LogP contribution in [0.5, 0.6) is 0 Å². The monoisotopic (exact) mass is 304 g/mol. The maximum Gasteiger partial charge on any atom is 0.406 e. The van der Waals surface area contributed by atoms with Crippen LogP contribution >= 0.6 is 0 Å². The van der Waals surface area contributed by atoms with Gasteiger partial charge in [-0.3, -0.25) is 4.79 Å². The van der Waals surface area contributed by atoms with Crippen molar-refractivity contribution in [3.05, 3.63) is 35.4 Å². The van der Waals surface area contributed by atoms with E-state index in [1.165, 1.54) is 0 Å². The number of urea groups is 1. The van der Waals surface area contributed by atoms with Crippen molar-refractivity contribution in [1.82, 2.24) is 10.2 Å². The second-order valence-corrected chi connectivity index (χ2v) is 4.51. The number of benzene rings is 1. The summed E-state index contributed by atoms with van der Waals surface area (Å²) in [5, 5.41) is 10.8. The van der Waals surface area contributed by atoms with E-state index in [0.717, 1.165) is 5.56 Å². The number of nitrogens with one attached hydrogen (secondary N) is 1. The van der Waals surface area contributed by atoms with Crippen molar-refractivity contribution in [2.75, 3.05) is 13.1 Å². The van der Waals surface area contributed by atoms with E-state index in [9.17, 15) is 22.8 Å². The molecule has 1 rings (SSSR count). The molecule has 1 aromatic rings. The summed E-state index contributed by atoms with van der Waals surface area (Å²) in [5.74, 6) is -1.51. The number of carboxylic acid groups (broad SMARTS) is 1. The Morgan fingerprint density at radius 2 is 2.00 bits per heavy atom. The minimum absolute atomic E-state index is 0.0223. The highest BCUT2D eigenvalue weighted by Gasteiger charge is 2.33. The fourth-order valence-corrected chi connectivity index (χ4v) is 1.69. The summed E-state index contributed by atoms with van der Waals surface area (Å²) >= 11 is 0. The van der Waals surface area contributed by atoms with Crippen LogP contribution in [-0.4, -0.2) is 41.3 Å². The molecule has 0 radical (unpaired) electrons. The minimum Gasteiger partial charge on any atom is -0.480 e. The molecule has 2 N–H and O–H groups in total. The predicted molar refractivity (Wildman–Crippen MR) is 68.7 cm³/mol. The molecular weight excluding hydrogens is 289 g/mol. The topological polar surface area (TPSA) is 69.6 Å². The number of aliphatic carboxylic acids is 1. The highest BCUT2D eigenvalue weighted by Crippen LogP contribution is 2.16. The number of hydrogen-bond acceptors (Lipinski definition) is 2. The summed E-state index contributed by atoms with van der Waals surface area (Å²) in [4.78, 5) is 22.4. The number of amides is 2. The van der Waals surface area contributed by atoms with Crippen LogP contribution in [0.1, 0.15) is 11.1 Å². The number of hydrogen-bond donors (Lipinski definition) is 2. The Balaban J connectivity index is 2.65. The number of rotatable bonds is 5. The molecule has 0 saturated carbocycles. The van der Waals surface area contributed by atoms with Crippen LogP contribution in [-0.2, 0) is 11.3 Å². The van der Waals surface area contributed by atoms with Crippen LogP contribution in [0.15, 0.2) is 24.3 Å². The van der Waals surface area contributed by atoms with Crippen molar-refractivity contribution in [3.63, 3.8) is 0 Å². The second-order valence-electron chi connectivity index (χ2n) is 4.51. The van der Waals surface area contributed by atoms with E-state index >= 15 is 0 Å². The number of aryl methyl sites for hydroxylation is 1. The Morgan fingerprint density at radius 3 is 2.52 bits per heavy atom. The summed E-state index contributed by atoms with van der Waals surface area (Å²) in [5.41, 5.74) is 1.66. The predicted octanol–water partition coefficient (Wildman–Crippen LogP) is 2.15. The first-order chi connectivity index (χ1) is 9.67. The molecule has 0 aromatic heterocycles. The Bertz CT molecular complexity index is 518. The Hall–Kier alpha value is -2.25. The summed E-state index contributed by atoms with van der Waals surface area (Å²) in [6, 6.07) is 5.99. The van der Waals surface area contributed by atoms with Crippen LogP contribution in [0.4, 0.5) is 18.0 Å². The molecule has 0 aliphatic heterocycles. The Kier molecular flexibility index (Phi) is 5.57. The highest BCUT2D eigenvalue weighted by atomic mass is 19.4. The number of carboxylic acids is 1. The lowest BCUT2D eigenvalue weighted by atomic mass is 10.1. The SMILES string of the molecule is Cc1cccc(CNC(=O)N(CC(=O)O)CC(F)(F)F)c1. The third kappa shape index (κ3) is 6.64. The third-order valence-corrected chi connectivity index (χ3v) is 2.51. The van der Waals surface area contributed by atoms with Crippen LogP contribution in [0.3, 0.4) is 0 Å². The van der Waals surface area contributed by atoms with Crippen LogP contribution in [0.2, 0.25) is 0 Å². The molecule has 0 aliphatic carbocycles. The number of nitrogens with zero attached hydrogens (tertiary/aromatic N) is 1. The molecule has 1 aromatic carbocycles. The van der Waals surface area contributed by atoms with Gasteiger partial charge in [0.05, 0.1) is 0 Å². The summed E-state index contributed by atoms with van der Waals surface area (Å²) in [7, 11) is 0. The van der Waals surface area contributed by atoms with Gasteiger partial charge in [0.2, 0.25) is 0 Å². The fraction of sp³-hybridized carbons (Fsp3) is 0.385. The second kappa shape index (κ2) is 6.96. The summed E-state index contributed by atoms with van der Waals surface area (Å²) in [6.07, 6.45) is -4.66. The van der Waals surface area contributed by atoms with Crippen molar-refractivity contribution < 1.29 is 27.9 Å². The van der Waals surface area contributed by atoms with Crippen LogP contribution in [0.25, 0.3) is 0 Å². The van der Waals surface area contributed by atoms with E-state index in [1.807, 2.05) is 13.0 Å². The van der Waals surface area contributed by atoms with Gasteiger partial charge < -0.3 is 15.3 Å². The highest BCUT2D eigenvalue weighted by molar-refractivity contribution is 5.80. The first kappa shape index (κ1) is 16.8. The molecule has 0 bridgehead atoms. The van der Waals surface area contributed by atoms with Gasteiger partial charge in [0.25, 0.3) is 0 Å². The molecule has 0 spiro atoms. The molecule has 0 atom stereocenters. The van der Waals surface area contributed by atoms with Crippen LogP contribution < -0.4 is 5.32 Å². The molecule has 8 heteroatoms. The summed E-state index contributed by atoms with van der Waals surface area (Å²) in [6.45, 7) is -0.766. The van der Waals surface area contributed by atoms with Gasteiger partial charge in [0.1, 0.15) is 13.1 Å². The van der Waals surface area contributed by atoms with Crippen molar-refractivity contribution in [3.8, 4) is 0 Å². The van der Waals surface area contributed by atoms with Gasteiger partial charge in [-0.15, -0.1) is 0 Å². The quantitative estimate of drug-likeness (QED) is 0.875. The molecule has 116 valence electrons. The summed E-state index contributed by atoms with van der Waals surface area (Å²) < 4.78 is 37.0. The molecule has 0 heterocycles. The fourth-order valence-electron chi connectivity index (χ4n) is 1.69.